The van der Waals surface area contributed by atoms with Gasteiger partial charge in [0.25, 0.3) is 0 Å². The van der Waals surface area contributed by atoms with E-state index >= 15 is 0 Å². The SMILES string of the molecule is Cl.NCC1(O)CCCCC1.NCCc1cnc[nH]1.Nc1ccc(N2CCOCC2)cc1.Nc1cnccn1. The molecule has 2 aromatic heterocycles. The molecule has 3 aromatic rings. The van der Waals surface area contributed by atoms with Gasteiger partial charge in [-0.3, -0.25) is 4.98 Å². The minimum atomic E-state index is -0.502. The number of aliphatic hydroxyl groups is 1. The van der Waals surface area contributed by atoms with Crippen molar-refractivity contribution in [2.24, 2.45) is 11.5 Å². The van der Waals surface area contributed by atoms with Crippen LogP contribution in [0.5, 0.6) is 0 Å². The number of hydrogen-bond donors (Lipinski definition) is 6. The molecule has 212 valence electrons. The zero-order valence-electron chi connectivity index (χ0n) is 22.0. The molecule has 10 N–H and O–H groups in total. The predicted molar refractivity (Wildman–Crippen MR) is 156 cm³/mol. The molecule has 1 aromatic carbocycles. The number of aromatic amines is 1. The fraction of sp³-hybridized carbons (Fsp3) is 0.500. The first kappa shape index (κ1) is 33.1. The van der Waals surface area contributed by atoms with Gasteiger partial charge < -0.3 is 42.7 Å². The van der Waals surface area contributed by atoms with Gasteiger partial charge >= 0.3 is 0 Å². The summed E-state index contributed by atoms with van der Waals surface area (Å²) < 4.78 is 5.28. The molecule has 1 saturated heterocycles. The summed E-state index contributed by atoms with van der Waals surface area (Å²) in [6.45, 7) is 4.72. The summed E-state index contributed by atoms with van der Waals surface area (Å²) in [6, 6.07) is 7.98. The molecule has 0 amide bonds. The number of benzene rings is 1. The Labute approximate surface area is 231 Å². The van der Waals surface area contributed by atoms with Crippen LogP contribution in [0.25, 0.3) is 0 Å². The number of rotatable bonds is 4. The molecule has 1 saturated carbocycles. The van der Waals surface area contributed by atoms with Gasteiger partial charge in [0.05, 0.1) is 31.3 Å². The van der Waals surface area contributed by atoms with Crippen LogP contribution in [0.1, 0.15) is 37.8 Å². The lowest BCUT2D eigenvalue weighted by molar-refractivity contribution is 0.0128. The third-order valence-corrected chi connectivity index (χ3v) is 5.99. The number of ether oxygens (including phenoxy) is 1. The van der Waals surface area contributed by atoms with E-state index in [-0.39, 0.29) is 12.4 Å². The molecule has 0 spiro atoms. The second-order valence-electron chi connectivity index (χ2n) is 8.93. The van der Waals surface area contributed by atoms with Crippen LogP contribution in [-0.4, -0.2) is 70.0 Å². The highest BCUT2D eigenvalue weighted by atomic mass is 35.5. The van der Waals surface area contributed by atoms with Crippen LogP contribution in [-0.2, 0) is 11.2 Å². The molecular formula is C26H44ClN9O2. The minimum absolute atomic E-state index is 0. The summed E-state index contributed by atoms with van der Waals surface area (Å²) in [5.41, 5.74) is 24.1. The summed E-state index contributed by atoms with van der Waals surface area (Å²) >= 11 is 0. The van der Waals surface area contributed by atoms with Crippen molar-refractivity contribution in [2.45, 2.75) is 44.1 Å². The molecule has 1 aliphatic carbocycles. The van der Waals surface area contributed by atoms with Crippen LogP contribution in [0, 0.1) is 0 Å². The number of imidazole rings is 1. The number of nitrogens with zero attached hydrogens (tertiary/aromatic N) is 4. The van der Waals surface area contributed by atoms with Crippen molar-refractivity contribution in [3.63, 3.8) is 0 Å². The summed E-state index contributed by atoms with van der Waals surface area (Å²) in [4.78, 5) is 16.5. The highest BCUT2D eigenvalue weighted by molar-refractivity contribution is 5.85. The number of aromatic nitrogens is 4. The lowest BCUT2D eigenvalue weighted by Gasteiger charge is -2.30. The number of nitrogens with one attached hydrogen (secondary N) is 1. The second-order valence-corrected chi connectivity index (χ2v) is 8.93. The number of anilines is 3. The van der Waals surface area contributed by atoms with Crippen molar-refractivity contribution in [1.29, 1.82) is 0 Å². The van der Waals surface area contributed by atoms with E-state index in [0.717, 1.165) is 69.8 Å². The third kappa shape index (κ3) is 13.5. The molecule has 0 unspecified atom stereocenters. The van der Waals surface area contributed by atoms with Crippen LogP contribution in [0.3, 0.4) is 0 Å². The van der Waals surface area contributed by atoms with Gasteiger partial charge in [-0.15, -0.1) is 12.4 Å². The van der Waals surface area contributed by atoms with Gasteiger partial charge in [0, 0.05) is 61.7 Å². The summed E-state index contributed by atoms with van der Waals surface area (Å²) in [7, 11) is 0. The van der Waals surface area contributed by atoms with Gasteiger partial charge in [-0.2, -0.15) is 0 Å². The lowest BCUT2D eigenvalue weighted by atomic mass is 9.85. The Morgan fingerprint density at radius 2 is 1.63 bits per heavy atom. The molecule has 0 atom stereocenters. The van der Waals surface area contributed by atoms with Crippen LogP contribution < -0.4 is 27.8 Å². The number of nitrogen functional groups attached to an aromatic ring is 2. The number of nitrogens with two attached hydrogens (primary N) is 4. The molecule has 11 nitrogen and oxygen atoms in total. The fourth-order valence-electron chi connectivity index (χ4n) is 3.81. The van der Waals surface area contributed by atoms with Gasteiger partial charge in [0.15, 0.2) is 0 Å². The van der Waals surface area contributed by atoms with E-state index in [1.54, 1.807) is 24.9 Å². The van der Waals surface area contributed by atoms with E-state index in [0.29, 0.717) is 18.9 Å². The quantitative estimate of drug-likeness (QED) is 0.263. The summed E-state index contributed by atoms with van der Waals surface area (Å²) in [5, 5.41) is 9.56. The molecule has 2 aliphatic rings. The first-order valence-corrected chi connectivity index (χ1v) is 12.8. The normalized spacial score (nSPS) is 15.7. The number of hydrogen-bond acceptors (Lipinski definition) is 10. The van der Waals surface area contributed by atoms with E-state index < -0.39 is 5.60 Å². The van der Waals surface area contributed by atoms with Crippen LogP contribution in [0.15, 0.2) is 55.4 Å². The van der Waals surface area contributed by atoms with Crippen molar-refractivity contribution < 1.29 is 9.84 Å². The average molecular weight is 550 g/mol. The minimum Gasteiger partial charge on any atom is -0.399 e. The molecular weight excluding hydrogens is 506 g/mol. The molecule has 5 rings (SSSR count). The molecule has 3 heterocycles. The predicted octanol–water partition coefficient (Wildman–Crippen LogP) is 2.14. The lowest BCUT2D eigenvalue weighted by Crippen LogP contribution is -2.39. The number of halogens is 1. The van der Waals surface area contributed by atoms with Gasteiger partial charge in [0.1, 0.15) is 5.82 Å². The van der Waals surface area contributed by atoms with E-state index in [9.17, 15) is 5.11 Å². The maximum atomic E-state index is 9.56. The standard InChI is InChI=1S/C10H14N2O.C7H15NO.C5H9N3.C4H5N3.ClH/c11-9-1-3-10(4-2-9)12-5-7-13-8-6-12;8-6-7(9)4-2-1-3-5-7;6-2-1-5-3-7-4-8-5;5-4-3-6-1-2-7-4;/h1-4H,5-8,11H2;9H,1-6,8H2;3-4H,1-2,6H2,(H,7,8);1-3H,(H2,5,7);1H. The molecule has 2 fully saturated rings. The smallest absolute Gasteiger partial charge is 0.141 e. The van der Waals surface area contributed by atoms with Gasteiger partial charge in [0.2, 0.25) is 0 Å². The Kier molecular flexibility index (Phi) is 16.7. The maximum Gasteiger partial charge on any atom is 0.141 e. The van der Waals surface area contributed by atoms with Gasteiger partial charge in [-0.25, -0.2) is 9.97 Å². The van der Waals surface area contributed by atoms with Crippen molar-refractivity contribution in [3.05, 3.63) is 61.1 Å². The first-order valence-electron chi connectivity index (χ1n) is 12.8. The summed E-state index contributed by atoms with van der Waals surface area (Å²) in [5.74, 6) is 0.461. The fourth-order valence-corrected chi connectivity index (χ4v) is 3.81. The second kappa shape index (κ2) is 19.2. The van der Waals surface area contributed by atoms with E-state index in [4.69, 9.17) is 27.7 Å². The van der Waals surface area contributed by atoms with E-state index in [1.165, 1.54) is 18.3 Å². The van der Waals surface area contributed by atoms with E-state index in [2.05, 4.69) is 37.0 Å². The van der Waals surface area contributed by atoms with Crippen molar-refractivity contribution in [1.82, 2.24) is 19.9 Å². The Hall–Kier alpha value is -2.96. The van der Waals surface area contributed by atoms with Crippen molar-refractivity contribution >= 4 is 29.6 Å². The Morgan fingerprint density at radius 3 is 2.08 bits per heavy atom. The highest BCUT2D eigenvalue weighted by Crippen LogP contribution is 2.26. The summed E-state index contributed by atoms with van der Waals surface area (Å²) in [6.07, 6.45) is 14.3. The molecule has 38 heavy (non-hydrogen) atoms. The number of H-pyrrole nitrogens is 1. The zero-order chi connectivity index (χ0) is 26.8. The maximum absolute atomic E-state index is 9.56. The van der Waals surface area contributed by atoms with Gasteiger partial charge in [-0.05, 0) is 43.7 Å². The van der Waals surface area contributed by atoms with Crippen molar-refractivity contribution in [2.75, 3.05) is 55.8 Å². The Balaban J connectivity index is 0.000000259. The largest absolute Gasteiger partial charge is 0.399 e. The number of morpholine rings is 1. The first-order chi connectivity index (χ1) is 18.0. The molecule has 0 radical (unpaired) electrons. The highest BCUT2D eigenvalue weighted by Gasteiger charge is 2.26. The third-order valence-electron chi connectivity index (χ3n) is 5.99. The molecule has 1 aliphatic heterocycles. The Bertz CT molecular complexity index is 935. The molecule has 12 heteroatoms. The van der Waals surface area contributed by atoms with E-state index in [1.807, 2.05) is 12.1 Å². The molecule has 0 bridgehead atoms. The topological polar surface area (TPSA) is 191 Å². The Morgan fingerprint density at radius 1 is 0.947 bits per heavy atom. The average Bonchev–Trinajstić information content (AvgIpc) is 3.45. The van der Waals surface area contributed by atoms with Crippen molar-refractivity contribution in [3.8, 4) is 0 Å². The zero-order valence-corrected chi connectivity index (χ0v) is 22.9. The van der Waals surface area contributed by atoms with Crippen LogP contribution in [0.2, 0.25) is 0 Å². The van der Waals surface area contributed by atoms with Crippen LogP contribution >= 0.6 is 12.4 Å². The van der Waals surface area contributed by atoms with Gasteiger partial charge in [-0.1, -0.05) is 19.3 Å². The van der Waals surface area contributed by atoms with Crippen LogP contribution in [0.4, 0.5) is 17.2 Å². The monoisotopic (exact) mass is 549 g/mol.